The highest BCUT2D eigenvalue weighted by Crippen LogP contribution is 2.21. The van der Waals surface area contributed by atoms with Gasteiger partial charge in [-0.05, 0) is 50.5 Å². The van der Waals surface area contributed by atoms with Gasteiger partial charge in [0, 0.05) is 0 Å². The fourth-order valence-electron chi connectivity index (χ4n) is 2.01. The molecule has 1 aromatic heterocycles. The number of hydrogen-bond acceptors (Lipinski definition) is 2. The monoisotopic (exact) mass is 229 g/mol. The van der Waals surface area contributed by atoms with Crippen LogP contribution in [-0.2, 0) is 6.42 Å². The molecule has 2 nitrogen and oxygen atoms in total. The minimum absolute atomic E-state index is 0.0656. The van der Waals surface area contributed by atoms with E-state index in [1.54, 1.807) is 0 Å². The van der Waals surface area contributed by atoms with Crippen LogP contribution in [0.1, 0.15) is 34.3 Å². The normalized spacial score (nSPS) is 12.7. The number of nitrogens with two attached hydrogens (primary N) is 1. The van der Waals surface area contributed by atoms with Crippen LogP contribution in [0, 0.1) is 20.8 Å². The highest BCUT2D eigenvalue weighted by atomic mass is 16.3. The topological polar surface area (TPSA) is 39.2 Å². The van der Waals surface area contributed by atoms with Gasteiger partial charge in [0.1, 0.15) is 11.5 Å². The van der Waals surface area contributed by atoms with Gasteiger partial charge < -0.3 is 10.2 Å². The van der Waals surface area contributed by atoms with E-state index in [9.17, 15) is 0 Å². The van der Waals surface area contributed by atoms with Crippen LogP contribution in [0.5, 0.6) is 0 Å². The van der Waals surface area contributed by atoms with Gasteiger partial charge in [-0.1, -0.05) is 23.8 Å². The Morgan fingerprint density at radius 2 is 1.88 bits per heavy atom. The number of aryl methyl sites for hydroxylation is 3. The van der Waals surface area contributed by atoms with Crippen molar-refractivity contribution in [1.82, 2.24) is 0 Å². The maximum atomic E-state index is 6.17. The molecule has 90 valence electrons. The van der Waals surface area contributed by atoms with Gasteiger partial charge in [-0.2, -0.15) is 0 Å². The Bertz CT molecular complexity index is 513. The average molecular weight is 229 g/mol. The Labute approximate surface area is 102 Å². The summed E-state index contributed by atoms with van der Waals surface area (Å²) in [6.45, 7) is 6.16. The van der Waals surface area contributed by atoms with Crippen molar-refractivity contribution in [2.24, 2.45) is 5.73 Å². The first-order chi connectivity index (χ1) is 8.06. The van der Waals surface area contributed by atoms with Gasteiger partial charge in [0.05, 0.1) is 6.04 Å². The van der Waals surface area contributed by atoms with E-state index in [2.05, 4.69) is 32.0 Å². The first-order valence-electron chi connectivity index (χ1n) is 5.94. The quantitative estimate of drug-likeness (QED) is 0.875. The number of rotatable bonds is 3. The third kappa shape index (κ3) is 2.77. The van der Waals surface area contributed by atoms with E-state index in [1.807, 2.05) is 19.1 Å². The third-order valence-electron chi connectivity index (χ3n) is 3.07. The molecule has 1 atom stereocenters. The largest absolute Gasteiger partial charge is 0.465 e. The van der Waals surface area contributed by atoms with Crippen LogP contribution in [0.15, 0.2) is 34.7 Å². The summed E-state index contributed by atoms with van der Waals surface area (Å²) in [6, 6.07) is 10.3. The van der Waals surface area contributed by atoms with Crippen LogP contribution in [0.25, 0.3) is 0 Å². The first-order valence-corrected chi connectivity index (χ1v) is 5.94. The Hall–Kier alpha value is -1.54. The van der Waals surface area contributed by atoms with Crippen molar-refractivity contribution >= 4 is 0 Å². The summed E-state index contributed by atoms with van der Waals surface area (Å²) in [5.41, 5.74) is 10.0. The molecule has 0 spiro atoms. The first kappa shape index (κ1) is 11.9. The van der Waals surface area contributed by atoms with Crippen molar-refractivity contribution in [3.63, 3.8) is 0 Å². The summed E-state index contributed by atoms with van der Waals surface area (Å²) in [4.78, 5) is 0. The molecule has 0 aliphatic rings. The molecule has 1 aromatic carbocycles. The Morgan fingerprint density at radius 3 is 2.53 bits per heavy atom. The molecule has 2 heteroatoms. The van der Waals surface area contributed by atoms with Gasteiger partial charge in [-0.15, -0.1) is 0 Å². The highest BCUT2D eigenvalue weighted by molar-refractivity contribution is 5.31. The van der Waals surface area contributed by atoms with Crippen LogP contribution in [0.4, 0.5) is 0 Å². The van der Waals surface area contributed by atoms with Crippen molar-refractivity contribution < 1.29 is 4.42 Å². The summed E-state index contributed by atoms with van der Waals surface area (Å²) in [7, 11) is 0. The molecule has 0 fully saturated rings. The maximum absolute atomic E-state index is 6.17. The lowest BCUT2D eigenvalue weighted by molar-refractivity contribution is 0.444. The molecule has 0 aliphatic heterocycles. The number of furan rings is 1. The Morgan fingerprint density at radius 1 is 1.12 bits per heavy atom. The molecule has 1 heterocycles. The van der Waals surface area contributed by atoms with Gasteiger partial charge in [-0.25, -0.2) is 0 Å². The van der Waals surface area contributed by atoms with Crippen molar-refractivity contribution in [2.75, 3.05) is 0 Å². The van der Waals surface area contributed by atoms with Gasteiger partial charge in [0.15, 0.2) is 0 Å². The van der Waals surface area contributed by atoms with E-state index in [-0.39, 0.29) is 6.04 Å². The predicted molar refractivity (Wildman–Crippen MR) is 70.0 cm³/mol. The number of benzene rings is 1. The second-order valence-electron chi connectivity index (χ2n) is 4.69. The van der Waals surface area contributed by atoms with Crippen molar-refractivity contribution in [3.8, 4) is 0 Å². The lowest BCUT2D eigenvalue weighted by Crippen LogP contribution is -2.13. The van der Waals surface area contributed by atoms with E-state index in [1.165, 1.54) is 16.7 Å². The molecule has 0 amide bonds. The van der Waals surface area contributed by atoms with Crippen LogP contribution in [0.3, 0.4) is 0 Å². The zero-order chi connectivity index (χ0) is 12.4. The van der Waals surface area contributed by atoms with Crippen LogP contribution >= 0.6 is 0 Å². The molecule has 0 aliphatic carbocycles. The zero-order valence-corrected chi connectivity index (χ0v) is 10.7. The molecule has 0 saturated heterocycles. The zero-order valence-electron chi connectivity index (χ0n) is 10.7. The molecular weight excluding hydrogens is 210 g/mol. The summed E-state index contributed by atoms with van der Waals surface area (Å²) < 4.78 is 5.56. The fourth-order valence-corrected chi connectivity index (χ4v) is 2.01. The molecule has 0 radical (unpaired) electrons. The van der Waals surface area contributed by atoms with E-state index >= 15 is 0 Å². The molecule has 2 aromatic rings. The fraction of sp³-hybridized carbons (Fsp3) is 0.333. The minimum atomic E-state index is -0.0656. The van der Waals surface area contributed by atoms with E-state index in [4.69, 9.17) is 10.2 Å². The van der Waals surface area contributed by atoms with Crippen molar-refractivity contribution in [2.45, 2.75) is 33.2 Å². The van der Waals surface area contributed by atoms with E-state index in [0.29, 0.717) is 0 Å². The summed E-state index contributed by atoms with van der Waals surface area (Å²) in [5.74, 6) is 1.78. The molecule has 2 rings (SSSR count). The van der Waals surface area contributed by atoms with Crippen molar-refractivity contribution in [1.29, 1.82) is 0 Å². The van der Waals surface area contributed by atoms with Gasteiger partial charge in [0.25, 0.3) is 0 Å². The molecule has 2 N–H and O–H groups in total. The van der Waals surface area contributed by atoms with Crippen molar-refractivity contribution in [3.05, 3.63) is 58.5 Å². The summed E-state index contributed by atoms with van der Waals surface area (Å²) in [5, 5.41) is 0. The molecule has 1 unspecified atom stereocenters. The lowest BCUT2D eigenvalue weighted by atomic mass is 9.98. The molecular formula is C15H19NO. The third-order valence-corrected chi connectivity index (χ3v) is 3.07. The minimum Gasteiger partial charge on any atom is -0.465 e. The summed E-state index contributed by atoms with van der Waals surface area (Å²) in [6.07, 6.45) is 0.820. The van der Waals surface area contributed by atoms with Gasteiger partial charge in [0.2, 0.25) is 0 Å². The second kappa shape index (κ2) is 4.76. The van der Waals surface area contributed by atoms with E-state index in [0.717, 1.165) is 17.9 Å². The Balaban J connectivity index is 2.18. The van der Waals surface area contributed by atoms with Crippen LogP contribution in [-0.4, -0.2) is 0 Å². The summed E-state index contributed by atoms with van der Waals surface area (Å²) >= 11 is 0. The Kier molecular flexibility index (Phi) is 3.34. The molecule has 0 bridgehead atoms. The lowest BCUT2D eigenvalue weighted by Gasteiger charge is -2.12. The SMILES string of the molecule is Cc1ccc(C)c(CC(N)c2ccc(C)o2)c1. The van der Waals surface area contributed by atoms with Crippen LogP contribution < -0.4 is 5.73 Å². The molecule has 17 heavy (non-hydrogen) atoms. The predicted octanol–water partition coefficient (Wildman–Crippen LogP) is 3.45. The second-order valence-corrected chi connectivity index (χ2v) is 4.69. The van der Waals surface area contributed by atoms with Gasteiger partial charge in [-0.3, -0.25) is 0 Å². The van der Waals surface area contributed by atoms with E-state index < -0.39 is 0 Å². The average Bonchev–Trinajstić information content (AvgIpc) is 2.70. The number of hydrogen-bond donors (Lipinski definition) is 1. The molecule has 0 saturated carbocycles. The highest BCUT2D eigenvalue weighted by Gasteiger charge is 2.12. The smallest absolute Gasteiger partial charge is 0.121 e. The standard InChI is InChI=1S/C15H19NO/c1-10-4-5-11(2)13(8-10)9-14(16)15-7-6-12(3)17-15/h4-8,14H,9,16H2,1-3H3. The van der Waals surface area contributed by atoms with Gasteiger partial charge >= 0.3 is 0 Å². The maximum Gasteiger partial charge on any atom is 0.121 e. The van der Waals surface area contributed by atoms with Crippen LogP contribution in [0.2, 0.25) is 0 Å².